The Kier molecular flexibility index (Phi) is 18.2. The topological polar surface area (TPSA) is 23.1 Å². The highest BCUT2D eigenvalue weighted by Gasteiger charge is 2.19. The summed E-state index contributed by atoms with van der Waals surface area (Å²) in [6.07, 6.45) is 25.4. The van der Waals surface area contributed by atoms with Crippen molar-refractivity contribution < 1.29 is 4.65 Å². The quantitative estimate of drug-likeness (QED) is 0.120. The van der Waals surface area contributed by atoms with E-state index in [4.69, 9.17) is 0 Å². The first-order valence-corrected chi connectivity index (χ1v) is 12.1. The van der Waals surface area contributed by atoms with Gasteiger partial charge in [-0.3, -0.25) is 0 Å². The van der Waals surface area contributed by atoms with E-state index in [1.54, 1.807) is 0 Å². The van der Waals surface area contributed by atoms with E-state index < -0.39 is 0 Å². The van der Waals surface area contributed by atoms with Gasteiger partial charge in [-0.2, -0.15) is 0 Å². The van der Waals surface area contributed by atoms with Crippen LogP contribution in [-0.4, -0.2) is 24.8 Å². The van der Waals surface area contributed by atoms with E-state index in [2.05, 4.69) is 13.8 Å². The molecule has 0 aromatic heterocycles. The van der Waals surface area contributed by atoms with Gasteiger partial charge >= 0.3 is 0 Å². The Bertz CT molecular complexity index is 272. The first-order chi connectivity index (χ1) is 12.5. The van der Waals surface area contributed by atoms with Gasteiger partial charge in [0.05, 0.1) is 20.1 Å². The van der Waals surface area contributed by atoms with Crippen molar-refractivity contribution in [1.82, 2.24) is 0 Å². The van der Waals surface area contributed by atoms with E-state index in [1.165, 1.54) is 109 Å². The molecule has 0 aromatic rings. The minimum atomic E-state index is -0.0898. The molecule has 0 saturated carbocycles. The van der Waals surface area contributed by atoms with Crippen molar-refractivity contribution >= 4 is 0 Å². The second kappa shape index (κ2) is 18.3. The summed E-state index contributed by atoms with van der Waals surface area (Å²) in [5, 5.41) is 12.4. The predicted molar refractivity (Wildman–Crippen MR) is 118 cm³/mol. The Hall–Kier alpha value is -0.0800. The summed E-state index contributed by atoms with van der Waals surface area (Å²) in [4.78, 5) is 0. The van der Waals surface area contributed by atoms with Gasteiger partial charge in [0.15, 0.2) is 0 Å². The normalized spacial score (nSPS) is 13.3. The Labute approximate surface area is 166 Å². The van der Waals surface area contributed by atoms with Crippen molar-refractivity contribution in [1.29, 1.82) is 0 Å². The van der Waals surface area contributed by atoms with Crippen LogP contribution < -0.4 is 0 Å². The smallest absolute Gasteiger partial charge is 0.0883 e. The fourth-order valence-corrected chi connectivity index (χ4v) is 3.97. The minimum Gasteiger partial charge on any atom is -0.633 e. The fourth-order valence-electron chi connectivity index (χ4n) is 3.97. The van der Waals surface area contributed by atoms with Gasteiger partial charge in [0, 0.05) is 0 Å². The van der Waals surface area contributed by atoms with Crippen molar-refractivity contribution in [3.05, 3.63) is 5.21 Å². The third-order valence-corrected chi connectivity index (χ3v) is 5.91. The number of quaternary nitrogens is 1. The van der Waals surface area contributed by atoms with Crippen molar-refractivity contribution in [3.63, 3.8) is 0 Å². The highest BCUT2D eigenvalue weighted by Crippen LogP contribution is 2.21. The molecular formula is C24H51NO. The third-order valence-electron chi connectivity index (χ3n) is 5.91. The molecule has 0 fully saturated rings. The van der Waals surface area contributed by atoms with E-state index in [0.717, 1.165) is 12.8 Å². The van der Waals surface area contributed by atoms with Gasteiger partial charge in [-0.1, -0.05) is 110 Å². The first kappa shape index (κ1) is 25.9. The summed E-state index contributed by atoms with van der Waals surface area (Å²) in [7, 11) is 3.70. The molecule has 0 saturated heterocycles. The molecule has 0 bridgehead atoms. The van der Waals surface area contributed by atoms with Crippen LogP contribution in [0.5, 0.6) is 0 Å². The molecule has 0 aromatic carbocycles. The van der Waals surface area contributed by atoms with E-state index in [1.807, 2.05) is 14.1 Å². The Morgan fingerprint density at radius 1 is 0.500 bits per heavy atom. The van der Waals surface area contributed by atoms with Crippen LogP contribution in [0.4, 0.5) is 0 Å². The average molecular weight is 370 g/mol. The lowest BCUT2D eigenvalue weighted by molar-refractivity contribution is -0.867. The zero-order valence-corrected chi connectivity index (χ0v) is 18.9. The first-order valence-electron chi connectivity index (χ1n) is 12.1. The number of unbranched alkanes of at least 4 members (excludes halogenated alkanes) is 15. The van der Waals surface area contributed by atoms with Crippen LogP contribution in [0, 0.1) is 5.21 Å². The monoisotopic (exact) mass is 369 g/mol. The van der Waals surface area contributed by atoms with Gasteiger partial charge in [-0.05, 0) is 25.7 Å². The number of nitrogens with zero attached hydrogens (tertiary/aromatic N) is 1. The highest BCUT2D eigenvalue weighted by atomic mass is 16.5. The standard InChI is InChI=1S/C24H51NO/c1-5-7-9-11-13-15-17-19-21-23-24(25(3,4)26)22-20-18-16-14-12-10-8-6-2/h24H,5-23H2,1-4H3. The van der Waals surface area contributed by atoms with Gasteiger partial charge in [0.2, 0.25) is 0 Å². The molecule has 1 atom stereocenters. The molecule has 0 aliphatic carbocycles. The largest absolute Gasteiger partial charge is 0.633 e. The van der Waals surface area contributed by atoms with Gasteiger partial charge in [-0.25, -0.2) is 0 Å². The van der Waals surface area contributed by atoms with E-state index >= 15 is 0 Å². The van der Waals surface area contributed by atoms with Crippen LogP contribution in [0.1, 0.15) is 136 Å². The molecular weight excluding hydrogens is 318 g/mol. The predicted octanol–water partition coefficient (Wildman–Crippen LogP) is 8.38. The Morgan fingerprint density at radius 2 is 0.769 bits per heavy atom. The maximum atomic E-state index is 12.4. The van der Waals surface area contributed by atoms with Crippen molar-refractivity contribution in [3.8, 4) is 0 Å². The van der Waals surface area contributed by atoms with Crippen molar-refractivity contribution in [2.75, 3.05) is 14.1 Å². The molecule has 1 unspecified atom stereocenters. The van der Waals surface area contributed by atoms with Gasteiger partial charge < -0.3 is 9.85 Å². The summed E-state index contributed by atoms with van der Waals surface area (Å²) in [6.45, 7) is 4.55. The zero-order valence-electron chi connectivity index (χ0n) is 18.9. The minimum absolute atomic E-state index is 0.0898. The number of hydrogen-bond acceptors (Lipinski definition) is 1. The molecule has 0 radical (unpaired) electrons. The van der Waals surface area contributed by atoms with Crippen LogP contribution in [-0.2, 0) is 0 Å². The fraction of sp³-hybridized carbons (Fsp3) is 1.00. The Morgan fingerprint density at radius 3 is 1.04 bits per heavy atom. The summed E-state index contributed by atoms with van der Waals surface area (Å²) in [5.74, 6) is 0. The van der Waals surface area contributed by atoms with Crippen molar-refractivity contribution in [2.45, 2.75) is 142 Å². The maximum absolute atomic E-state index is 12.4. The van der Waals surface area contributed by atoms with Crippen molar-refractivity contribution in [2.24, 2.45) is 0 Å². The second-order valence-electron chi connectivity index (χ2n) is 8.97. The molecule has 0 heterocycles. The number of hydrogen-bond donors (Lipinski definition) is 0. The molecule has 0 aliphatic heterocycles. The van der Waals surface area contributed by atoms with E-state index in [-0.39, 0.29) is 4.65 Å². The van der Waals surface area contributed by atoms with Gasteiger partial charge in [0.25, 0.3) is 0 Å². The lowest BCUT2D eigenvalue weighted by Crippen LogP contribution is -2.43. The van der Waals surface area contributed by atoms with E-state index in [0.29, 0.717) is 6.04 Å². The lowest BCUT2D eigenvalue weighted by Gasteiger charge is -2.42. The average Bonchev–Trinajstić information content (AvgIpc) is 2.59. The van der Waals surface area contributed by atoms with Crippen LogP contribution in [0.25, 0.3) is 0 Å². The van der Waals surface area contributed by atoms with Crippen LogP contribution >= 0.6 is 0 Å². The summed E-state index contributed by atoms with van der Waals surface area (Å²) >= 11 is 0. The summed E-state index contributed by atoms with van der Waals surface area (Å²) in [6, 6.07) is 0.319. The molecule has 0 rings (SSSR count). The number of rotatable bonds is 20. The Balaban J connectivity index is 3.65. The molecule has 0 aliphatic rings. The molecule has 0 spiro atoms. The lowest BCUT2D eigenvalue weighted by atomic mass is 9.98. The summed E-state index contributed by atoms with van der Waals surface area (Å²) in [5.41, 5.74) is 0. The van der Waals surface area contributed by atoms with Crippen LogP contribution in [0.15, 0.2) is 0 Å². The van der Waals surface area contributed by atoms with Gasteiger partial charge in [0.1, 0.15) is 0 Å². The van der Waals surface area contributed by atoms with Crippen LogP contribution in [0.3, 0.4) is 0 Å². The maximum Gasteiger partial charge on any atom is 0.0883 e. The third kappa shape index (κ3) is 17.3. The molecule has 26 heavy (non-hydrogen) atoms. The second-order valence-corrected chi connectivity index (χ2v) is 8.97. The summed E-state index contributed by atoms with van der Waals surface area (Å²) < 4.78 is -0.0898. The molecule has 0 amide bonds. The molecule has 0 N–H and O–H groups in total. The SMILES string of the molecule is CCCCCCCCCCCC(CCCCCCCCCC)[N+](C)(C)[O-]. The molecule has 2 heteroatoms. The van der Waals surface area contributed by atoms with E-state index in [9.17, 15) is 5.21 Å². The highest BCUT2D eigenvalue weighted by molar-refractivity contribution is 4.61. The molecule has 2 nitrogen and oxygen atoms in total. The van der Waals surface area contributed by atoms with Gasteiger partial charge in [-0.15, -0.1) is 0 Å². The number of hydroxylamine groups is 3. The zero-order chi connectivity index (χ0) is 19.5. The molecule has 158 valence electrons. The van der Waals surface area contributed by atoms with Crippen LogP contribution in [0.2, 0.25) is 0 Å².